The van der Waals surface area contributed by atoms with E-state index in [9.17, 15) is 13.2 Å². The van der Waals surface area contributed by atoms with Crippen LogP contribution in [0.1, 0.15) is 40.9 Å². The summed E-state index contributed by atoms with van der Waals surface area (Å²) in [7, 11) is -3.73. The fraction of sp³-hybridized carbons (Fsp3) is 0.174. The maximum absolute atomic E-state index is 12.9. The van der Waals surface area contributed by atoms with Crippen molar-refractivity contribution < 1.29 is 13.2 Å². The number of anilines is 1. The average Bonchev–Trinajstić information content (AvgIpc) is 2.74. The summed E-state index contributed by atoms with van der Waals surface area (Å²) in [6.07, 6.45) is 0.745. The smallest absolute Gasteiger partial charge is 0.261 e. The Bertz CT molecular complexity index is 1080. The number of hydrogen-bond donors (Lipinski definition) is 2. The number of nitrogens with one attached hydrogen (secondary N) is 2. The Balaban J connectivity index is 1.84. The van der Waals surface area contributed by atoms with Crippen molar-refractivity contribution in [2.24, 2.45) is 0 Å². The van der Waals surface area contributed by atoms with E-state index < -0.39 is 10.0 Å². The van der Waals surface area contributed by atoms with E-state index in [1.54, 1.807) is 43.3 Å². The van der Waals surface area contributed by atoms with E-state index in [1.807, 2.05) is 37.3 Å². The Kier molecular flexibility index (Phi) is 6.34. The van der Waals surface area contributed by atoms with Gasteiger partial charge in [0.15, 0.2) is 0 Å². The maximum atomic E-state index is 12.9. The van der Waals surface area contributed by atoms with Crippen LogP contribution in [0.2, 0.25) is 0 Å². The SMILES string of the molecule is CC[C@@H](NC(=O)c1cccc(NS(=O)(=O)c2ccccc2)c1C)c1ccccc1. The third kappa shape index (κ3) is 4.84. The third-order valence-corrected chi connectivity index (χ3v) is 6.17. The van der Waals surface area contributed by atoms with Crippen molar-refractivity contribution in [2.45, 2.75) is 31.2 Å². The molecule has 5 nitrogen and oxygen atoms in total. The lowest BCUT2D eigenvalue weighted by molar-refractivity contribution is 0.0935. The molecule has 1 atom stereocenters. The van der Waals surface area contributed by atoms with Crippen LogP contribution in [0.25, 0.3) is 0 Å². The minimum atomic E-state index is -3.73. The molecular formula is C23H24N2O3S. The molecule has 1 amide bonds. The predicted octanol–water partition coefficient (Wildman–Crippen LogP) is 4.68. The summed E-state index contributed by atoms with van der Waals surface area (Å²) in [5.41, 5.74) is 2.43. The molecule has 0 unspecified atom stereocenters. The lowest BCUT2D eigenvalue weighted by Crippen LogP contribution is -2.29. The molecule has 0 saturated heterocycles. The van der Waals surface area contributed by atoms with Gasteiger partial charge in [0, 0.05) is 5.56 Å². The largest absolute Gasteiger partial charge is 0.345 e. The fourth-order valence-electron chi connectivity index (χ4n) is 3.14. The zero-order chi connectivity index (χ0) is 20.9. The van der Waals surface area contributed by atoms with Crippen LogP contribution < -0.4 is 10.0 Å². The number of carbonyl (C=O) groups is 1. The summed E-state index contributed by atoms with van der Waals surface area (Å²) in [4.78, 5) is 13.1. The quantitative estimate of drug-likeness (QED) is 0.596. The molecule has 6 heteroatoms. The van der Waals surface area contributed by atoms with Gasteiger partial charge in [0.25, 0.3) is 15.9 Å². The molecule has 0 aliphatic carbocycles. The molecule has 0 radical (unpaired) electrons. The number of rotatable bonds is 7. The molecule has 0 aliphatic rings. The lowest BCUT2D eigenvalue weighted by atomic mass is 10.0. The van der Waals surface area contributed by atoms with E-state index >= 15 is 0 Å². The van der Waals surface area contributed by atoms with Crippen LogP contribution in [0.15, 0.2) is 83.8 Å². The summed E-state index contributed by atoms with van der Waals surface area (Å²) in [5.74, 6) is -0.237. The van der Waals surface area contributed by atoms with Gasteiger partial charge in [-0.1, -0.05) is 61.5 Å². The highest BCUT2D eigenvalue weighted by molar-refractivity contribution is 7.92. The van der Waals surface area contributed by atoms with Crippen molar-refractivity contribution in [3.63, 3.8) is 0 Å². The fourth-order valence-corrected chi connectivity index (χ4v) is 4.28. The van der Waals surface area contributed by atoms with Gasteiger partial charge in [-0.2, -0.15) is 0 Å². The van der Waals surface area contributed by atoms with Gasteiger partial charge in [-0.05, 0) is 48.7 Å². The first-order valence-corrected chi connectivity index (χ1v) is 10.9. The molecule has 150 valence electrons. The molecular weight excluding hydrogens is 384 g/mol. The Morgan fingerprint density at radius 3 is 2.14 bits per heavy atom. The van der Waals surface area contributed by atoms with Gasteiger partial charge >= 0.3 is 0 Å². The van der Waals surface area contributed by atoms with Gasteiger partial charge in [0.2, 0.25) is 0 Å². The van der Waals surface area contributed by atoms with Gasteiger partial charge in [-0.15, -0.1) is 0 Å². The zero-order valence-electron chi connectivity index (χ0n) is 16.4. The molecule has 3 aromatic rings. The van der Waals surface area contributed by atoms with Crippen molar-refractivity contribution in [3.05, 3.63) is 95.6 Å². The molecule has 0 saturated carbocycles. The van der Waals surface area contributed by atoms with E-state index in [0.29, 0.717) is 16.8 Å². The van der Waals surface area contributed by atoms with Gasteiger partial charge in [-0.3, -0.25) is 9.52 Å². The van der Waals surface area contributed by atoms with Crippen molar-refractivity contribution in [1.29, 1.82) is 0 Å². The van der Waals surface area contributed by atoms with Crippen molar-refractivity contribution in [3.8, 4) is 0 Å². The summed E-state index contributed by atoms with van der Waals surface area (Å²) in [5, 5.41) is 3.05. The predicted molar refractivity (Wildman–Crippen MR) is 115 cm³/mol. The Labute approximate surface area is 171 Å². The van der Waals surface area contributed by atoms with Crippen LogP contribution in [0, 0.1) is 6.92 Å². The van der Waals surface area contributed by atoms with E-state index in [0.717, 1.165) is 12.0 Å². The monoisotopic (exact) mass is 408 g/mol. The van der Waals surface area contributed by atoms with Crippen LogP contribution in [0.5, 0.6) is 0 Å². The molecule has 2 N–H and O–H groups in total. The Hall–Kier alpha value is -3.12. The Morgan fingerprint density at radius 2 is 1.52 bits per heavy atom. The average molecular weight is 409 g/mol. The normalized spacial score (nSPS) is 12.2. The second-order valence-electron chi connectivity index (χ2n) is 6.74. The van der Waals surface area contributed by atoms with Crippen LogP contribution >= 0.6 is 0 Å². The first-order valence-electron chi connectivity index (χ1n) is 9.45. The molecule has 0 aromatic heterocycles. The van der Waals surface area contributed by atoms with Crippen molar-refractivity contribution in [1.82, 2.24) is 5.32 Å². The topological polar surface area (TPSA) is 75.3 Å². The zero-order valence-corrected chi connectivity index (χ0v) is 17.2. The van der Waals surface area contributed by atoms with Crippen LogP contribution in [-0.2, 0) is 10.0 Å². The Morgan fingerprint density at radius 1 is 0.897 bits per heavy atom. The van der Waals surface area contributed by atoms with Gasteiger partial charge in [0.05, 0.1) is 16.6 Å². The first-order chi connectivity index (χ1) is 13.9. The highest BCUT2D eigenvalue weighted by Gasteiger charge is 2.19. The molecule has 29 heavy (non-hydrogen) atoms. The highest BCUT2D eigenvalue weighted by Crippen LogP contribution is 2.24. The van der Waals surface area contributed by atoms with Gasteiger partial charge in [-0.25, -0.2) is 8.42 Å². The van der Waals surface area contributed by atoms with Gasteiger partial charge in [0.1, 0.15) is 0 Å². The number of sulfonamides is 1. The third-order valence-electron chi connectivity index (χ3n) is 4.79. The minimum absolute atomic E-state index is 0.118. The maximum Gasteiger partial charge on any atom is 0.261 e. The summed E-state index contributed by atoms with van der Waals surface area (Å²) in [6, 6.07) is 22.8. The number of amides is 1. The van der Waals surface area contributed by atoms with Crippen LogP contribution in [-0.4, -0.2) is 14.3 Å². The second kappa shape index (κ2) is 8.92. The summed E-state index contributed by atoms with van der Waals surface area (Å²) < 4.78 is 27.9. The van der Waals surface area contributed by atoms with E-state index in [1.165, 1.54) is 12.1 Å². The van der Waals surface area contributed by atoms with Crippen LogP contribution in [0.4, 0.5) is 5.69 Å². The molecule has 0 spiro atoms. The molecule has 0 bridgehead atoms. The molecule has 0 heterocycles. The van der Waals surface area contributed by atoms with Crippen molar-refractivity contribution in [2.75, 3.05) is 4.72 Å². The number of hydrogen-bond acceptors (Lipinski definition) is 3. The standard InChI is InChI=1S/C23H24N2O3S/c1-3-21(18-11-6-4-7-12-18)24-23(26)20-15-10-16-22(17(20)2)25-29(27,28)19-13-8-5-9-14-19/h4-16,21,25H,3H2,1-2H3,(H,24,26)/t21-/m1/s1. The van der Waals surface area contributed by atoms with E-state index in [2.05, 4.69) is 10.0 Å². The number of carbonyl (C=O) groups excluding carboxylic acids is 1. The summed E-state index contributed by atoms with van der Waals surface area (Å²) in [6.45, 7) is 3.75. The first kappa shape index (κ1) is 20.6. The molecule has 3 aromatic carbocycles. The molecule has 3 rings (SSSR count). The second-order valence-corrected chi connectivity index (χ2v) is 8.42. The molecule has 0 fully saturated rings. The number of benzene rings is 3. The van der Waals surface area contributed by atoms with Crippen LogP contribution in [0.3, 0.4) is 0 Å². The van der Waals surface area contributed by atoms with Crippen molar-refractivity contribution >= 4 is 21.6 Å². The summed E-state index contributed by atoms with van der Waals surface area (Å²) >= 11 is 0. The lowest BCUT2D eigenvalue weighted by Gasteiger charge is -2.19. The van der Waals surface area contributed by atoms with Gasteiger partial charge < -0.3 is 5.32 Å². The molecule has 0 aliphatic heterocycles. The highest BCUT2D eigenvalue weighted by atomic mass is 32.2. The minimum Gasteiger partial charge on any atom is -0.345 e. The van der Waals surface area contributed by atoms with E-state index in [4.69, 9.17) is 0 Å². The van der Waals surface area contributed by atoms with E-state index in [-0.39, 0.29) is 16.8 Å².